The standard InChI is InChI=1S/C23H28N2O3/c26-20-18-4-1-2-5-19(18)23(28-20)6-3-7-25(14-23)21(27)24-22-11-15-8-16(12-22)10-17(9-15)13-22/h1-2,4-5,15-17H,3,6-14H2,(H,24,27). The Bertz CT molecular complexity index is 815. The molecule has 5 heteroatoms. The molecule has 1 N–H and O–H groups in total. The second-order valence-electron chi connectivity index (χ2n) is 10.1. The monoisotopic (exact) mass is 380 g/mol. The number of urea groups is 1. The molecule has 0 radical (unpaired) electrons. The molecule has 4 bridgehead atoms. The smallest absolute Gasteiger partial charge is 0.339 e. The number of ether oxygens (including phenoxy) is 1. The average molecular weight is 380 g/mol. The first-order chi connectivity index (χ1) is 13.5. The number of fused-ring (bicyclic) bond motifs is 2. The maximum absolute atomic E-state index is 13.3. The molecule has 1 spiro atoms. The zero-order chi connectivity index (χ0) is 18.9. The van der Waals surface area contributed by atoms with Crippen molar-refractivity contribution in [1.82, 2.24) is 10.2 Å². The highest BCUT2D eigenvalue weighted by Gasteiger charge is 2.53. The number of hydrogen-bond donors (Lipinski definition) is 1. The lowest BCUT2D eigenvalue weighted by Crippen LogP contribution is -2.63. The van der Waals surface area contributed by atoms with E-state index in [2.05, 4.69) is 5.32 Å². The van der Waals surface area contributed by atoms with E-state index < -0.39 is 5.60 Å². The molecule has 1 aromatic carbocycles. The molecule has 4 saturated carbocycles. The van der Waals surface area contributed by atoms with Crippen molar-refractivity contribution in [1.29, 1.82) is 0 Å². The lowest BCUT2D eigenvalue weighted by atomic mass is 9.53. The molecule has 7 rings (SSSR count). The van der Waals surface area contributed by atoms with Gasteiger partial charge in [0, 0.05) is 17.6 Å². The molecule has 2 amide bonds. The minimum atomic E-state index is -0.662. The van der Waals surface area contributed by atoms with Crippen LogP contribution in [0, 0.1) is 17.8 Å². The second-order valence-corrected chi connectivity index (χ2v) is 10.1. The largest absolute Gasteiger partial charge is 0.449 e. The second kappa shape index (κ2) is 5.74. The van der Waals surface area contributed by atoms with Gasteiger partial charge in [-0.05, 0) is 75.2 Å². The molecule has 5 fully saturated rings. The van der Waals surface area contributed by atoms with Gasteiger partial charge in [-0.15, -0.1) is 0 Å². The Hall–Kier alpha value is -2.04. The van der Waals surface area contributed by atoms with Gasteiger partial charge in [-0.25, -0.2) is 9.59 Å². The lowest BCUT2D eigenvalue weighted by Gasteiger charge is -2.57. The number of amides is 2. The van der Waals surface area contributed by atoms with Crippen molar-refractivity contribution in [3.63, 3.8) is 0 Å². The molecule has 1 unspecified atom stereocenters. The molecule has 6 aliphatic rings. The average Bonchev–Trinajstić information content (AvgIpc) is 2.92. The zero-order valence-electron chi connectivity index (χ0n) is 16.3. The van der Waals surface area contributed by atoms with Crippen LogP contribution in [0.4, 0.5) is 4.79 Å². The predicted molar refractivity (Wildman–Crippen MR) is 104 cm³/mol. The van der Waals surface area contributed by atoms with Crippen LogP contribution in [0.2, 0.25) is 0 Å². The summed E-state index contributed by atoms with van der Waals surface area (Å²) in [6, 6.07) is 7.69. The normalized spacial score (nSPS) is 40.5. The Morgan fingerprint density at radius 2 is 1.75 bits per heavy atom. The third-order valence-corrected chi connectivity index (χ3v) is 8.08. The number of carbonyl (C=O) groups is 2. The van der Waals surface area contributed by atoms with Gasteiger partial charge in [-0.2, -0.15) is 0 Å². The van der Waals surface area contributed by atoms with Gasteiger partial charge in [-0.3, -0.25) is 0 Å². The highest BCUT2D eigenvalue weighted by atomic mass is 16.6. The number of rotatable bonds is 1. The third kappa shape index (κ3) is 2.44. The quantitative estimate of drug-likeness (QED) is 0.754. The minimum Gasteiger partial charge on any atom is -0.449 e. The molecule has 1 atom stereocenters. The van der Waals surface area contributed by atoms with Gasteiger partial charge in [-0.1, -0.05) is 18.2 Å². The van der Waals surface area contributed by atoms with Crippen LogP contribution in [0.3, 0.4) is 0 Å². The van der Waals surface area contributed by atoms with Crippen molar-refractivity contribution >= 4 is 12.0 Å². The first kappa shape index (κ1) is 16.9. The van der Waals surface area contributed by atoms with E-state index in [-0.39, 0.29) is 17.5 Å². The molecule has 2 aliphatic heterocycles. The Balaban J connectivity index is 1.22. The van der Waals surface area contributed by atoms with Crippen molar-refractivity contribution in [2.75, 3.05) is 13.1 Å². The lowest BCUT2D eigenvalue weighted by molar-refractivity contribution is -0.0457. The first-order valence-corrected chi connectivity index (χ1v) is 10.9. The number of hydrogen-bond acceptors (Lipinski definition) is 3. The highest BCUT2D eigenvalue weighted by Crippen LogP contribution is 2.55. The van der Waals surface area contributed by atoms with E-state index in [0.29, 0.717) is 12.1 Å². The summed E-state index contributed by atoms with van der Waals surface area (Å²) in [7, 11) is 0. The van der Waals surface area contributed by atoms with Crippen molar-refractivity contribution in [3.8, 4) is 0 Å². The zero-order valence-corrected chi connectivity index (χ0v) is 16.3. The fraction of sp³-hybridized carbons (Fsp3) is 0.652. The molecule has 28 heavy (non-hydrogen) atoms. The topological polar surface area (TPSA) is 58.6 Å². The summed E-state index contributed by atoms with van der Waals surface area (Å²) in [5, 5.41) is 3.48. The van der Waals surface area contributed by atoms with E-state index in [4.69, 9.17) is 4.74 Å². The van der Waals surface area contributed by atoms with Crippen LogP contribution in [0.25, 0.3) is 0 Å². The van der Waals surface area contributed by atoms with Crippen molar-refractivity contribution in [2.45, 2.75) is 62.5 Å². The van der Waals surface area contributed by atoms with Crippen molar-refractivity contribution < 1.29 is 14.3 Å². The third-order valence-electron chi connectivity index (χ3n) is 8.08. The molecule has 148 valence electrons. The number of nitrogens with one attached hydrogen (secondary N) is 1. The van der Waals surface area contributed by atoms with Gasteiger partial charge < -0.3 is 15.0 Å². The summed E-state index contributed by atoms with van der Waals surface area (Å²) in [4.78, 5) is 27.6. The van der Waals surface area contributed by atoms with Gasteiger partial charge in [0.25, 0.3) is 0 Å². The Morgan fingerprint density at radius 3 is 2.46 bits per heavy atom. The van der Waals surface area contributed by atoms with Gasteiger partial charge in [0.05, 0.1) is 12.1 Å². The van der Waals surface area contributed by atoms with Crippen molar-refractivity contribution in [3.05, 3.63) is 35.4 Å². The Morgan fingerprint density at radius 1 is 1.07 bits per heavy atom. The van der Waals surface area contributed by atoms with Crippen LogP contribution in [-0.4, -0.2) is 35.5 Å². The van der Waals surface area contributed by atoms with E-state index in [1.54, 1.807) is 0 Å². The molecular formula is C23H28N2O3. The number of benzene rings is 1. The molecule has 2 heterocycles. The van der Waals surface area contributed by atoms with E-state index in [9.17, 15) is 9.59 Å². The number of carbonyl (C=O) groups excluding carboxylic acids is 2. The Kier molecular flexibility index (Phi) is 3.46. The fourth-order valence-electron chi connectivity index (χ4n) is 7.41. The SMILES string of the molecule is O=C1OC2(CCCN(C(=O)NC34CC5CC(CC(C5)C3)C4)C2)c2ccccc21. The fourth-order valence-corrected chi connectivity index (χ4v) is 7.41. The molecule has 0 aromatic heterocycles. The summed E-state index contributed by atoms with van der Waals surface area (Å²) in [6.07, 6.45) is 9.22. The van der Waals surface area contributed by atoms with Gasteiger partial charge >= 0.3 is 12.0 Å². The molecule has 4 aliphatic carbocycles. The van der Waals surface area contributed by atoms with E-state index in [1.807, 2.05) is 29.2 Å². The van der Waals surface area contributed by atoms with Crippen molar-refractivity contribution in [2.24, 2.45) is 17.8 Å². The maximum atomic E-state index is 13.3. The van der Waals surface area contributed by atoms with Crippen LogP contribution >= 0.6 is 0 Å². The summed E-state index contributed by atoms with van der Waals surface area (Å²) in [5.74, 6) is 2.17. The number of nitrogens with zero attached hydrogens (tertiary/aromatic N) is 1. The number of likely N-dealkylation sites (tertiary alicyclic amines) is 1. The molecular weight excluding hydrogens is 352 g/mol. The molecule has 1 saturated heterocycles. The van der Waals surface area contributed by atoms with Crippen LogP contribution in [0.1, 0.15) is 67.3 Å². The van der Waals surface area contributed by atoms with E-state index >= 15 is 0 Å². The van der Waals surface area contributed by atoms with Crippen LogP contribution in [-0.2, 0) is 10.3 Å². The molecule has 1 aromatic rings. The van der Waals surface area contributed by atoms with E-state index in [1.165, 1.54) is 19.3 Å². The first-order valence-electron chi connectivity index (χ1n) is 10.9. The van der Waals surface area contributed by atoms with E-state index in [0.717, 1.165) is 62.0 Å². The Labute approximate surface area is 165 Å². The van der Waals surface area contributed by atoms with Gasteiger partial charge in [0.1, 0.15) is 0 Å². The summed E-state index contributed by atoms with van der Waals surface area (Å²) in [5.41, 5.74) is 0.962. The summed E-state index contributed by atoms with van der Waals surface area (Å²) >= 11 is 0. The minimum absolute atomic E-state index is 0.0146. The van der Waals surface area contributed by atoms with Crippen LogP contribution in [0.5, 0.6) is 0 Å². The summed E-state index contributed by atoms with van der Waals surface area (Å²) < 4.78 is 5.87. The molecule has 5 nitrogen and oxygen atoms in total. The van der Waals surface area contributed by atoms with Crippen LogP contribution in [0.15, 0.2) is 24.3 Å². The van der Waals surface area contributed by atoms with Gasteiger partial charge in [0.2, 0.25) is 0 Å². The number of piperidine rings is 1. The number of esters is 1. The summed E-state index contributed by atoms with van der Waals surface area (Å²) in [6.45, 7) is 1.20. The predicted octanol–water partition coefficient (Wildman–Crippen LogP) is 3.83. The maximum Gasteiger partial charge on any atom is 0.339 e. The highest BCUT2D eigenvalue weighted by molar-refractivity contribution is 5.95. The van der Waals surface area contributed by atoms with Gasteiger partial charge in [0.15, 0.2) is 5.60 Å². The van der Waals surface area contributed by atoms with Crippen LogP contribution < -0.4 is 5.32 Å².